The first-order chi connectivity index (χ1) is 8.17. The Labute approximate surface area is 104 Å². The first-order valence-corrected chi connectivity index (χ1v) is 5.26. The molecule has 0 aliphatic rings. The zero-order chi connectivity index (χ0) is 12.3. The van der Waals surface area contributed by atoms with Gasteiger partial charge in [-0.15, -0.1) is 0 Å². The van der Waals surface area contributed by atoms with Crippen LogP contribution >= 0.6 is 11.6 Å². The summed E-state index contributed by atoms with van der Waals surface area (Å²) in [4.78, 5) is 7.78. The number of methoxy groups -OCH3 is 1. The van der Waals surface area contributed by atoms with E-state index in [2.05, 4.69) is 15.3 Å². The van der Waals surface area contributed by atoms with Gasteiger partial charge in [-0.3, -0.25) is 0 Å². The summed E-state index contributed by atoms with van der Waals surface area (Å²) in [6.07, 6.45) is 0. The Morgan fingerprint density at radius 3 is 2.53 bits per heavy atom. The van der Waals surface area contributed by atoms with Gasteiger partial charge < -0.3 is 15.8 Å². The van der Waals surface area contributed by atoms with Crippen molar-refractivity contribution in [1.82, 2.24) is 9.97 Å². The van der Waals surface area contributed by atoms with Crippen molar-refractivity contribution in [3.05, 3.63) is 35.6 Å². The molecule has 1 heterocycles. The lowest BCUT2D eigenvalue weighted by atomic mass is 10.3. The molecule has 0 unspecified atom stereocenters. The molecule has 0 spiro atoms. The van der Waals surface area contributed by atoms with Crippen molar-refractivity contribution < 1.29 is 4.74 Å². The van der Waals surface area contributed by atoms with E-state index in [9.17, 15) is 0 Å². The molecule has 0 bridgehead atoms. The summed E-state index contributed by atoms with van der Waals surface area (Å²) in [6.45, 7) is 0. The lowest BCUT2D eigenvalue weighted by Gasteiger charge is -2.07. The SMILES string of the molecule is COc1ccc(Nc2cc(N)nc(Cl)n2)cc1. The first-order valence-electron chi connectivity index (χ1n) is 4.88. The molecule has 0 saturated heterocycles. The summed E-state index contributed by atoms with van der Waals surface area (Å²) in [6, 6.07) is 9.02. The summed E-state index contributed by atoms with van der Waals surface area (Å²) < 4.78 is 5.06. The van der Waals surface area contributed by atoms with Crippen molar-refractivity contribution in [2.24, 2.45) is 0 Å². The molecule has 1 aromatic carbocycles. The molecule has 2 aromatic rings. The number of nitrogens with two attached hydrogens (primary N) is 1. The largest absolute Gasteiger partial charge is 0.497 e. The van der Waals surface area contributed by atoms with Gasteiger partial charge in [0.05, 0.1) is 7.11 Å². The van der Waals surface area contributed by atoms with Crippen LogP contribution in [0.1, 0.15) is 0 Å². The van der Waals surface area contributed by atoms with E-state index < -0.39 is 0 Å². The molecule has 6 heteroatoms. The van der Waals surface area contributed by atoms with Gasteiger partial charge in [0.25, 0.3) is 0 Å². The van der Waals surface area contributed by atoms with Gasteiger partial charge in [0, 0.05) is 11.8 Å². The van der Waals surface area contributed by atoms with Crippen molar-refractivity contribution in [3.8, 4) is 5.75 Å². The maximum Gasteiger partial charge on any atom is 0.226 e. The zero-order valence-electron chi connectivity index (χ0n) is 9.14. The van der Waals surface area contributed by atoms with Crippen LogP contribution < -0.4 is 15.8 Å². The van der Waals surface area contributed by atoms with Gasteiger partial charge >= 0.3 is 0 Å². The van der Waals surface area contributed by atoms with Crippen LogP contribution in [0.15, 0.2) is 30.3 Å². The number of nitrogens with one attached hydrogen (secondary N) is 1. The van der Waals surface area contributed by atoms with E-state index in [0.29, 0.717) is 11.6 Å². The number of nitrogen functional groups attached to an aromatic ring is 1. The van der Waals surface area contributed by atoms with Crippen LogP contribution in [-0.2, 0) is 0 Å². The standard InChI is InChI=1S/C11H11ClN4O/c1-17-8-4-2-7(3-5-8)14-10-6-9(13)15-11(12)16-10/h2-6H,1H3,(H3,13,14,15,16). The van der Waals surface area contributed by atoms with Crippen LogP contribution in [0, 0.1) is 0 Å². The average molecular weight is 251 g/mol. The fraction of sp³-hybridized carbons (Fsp3) is 0.0909. The van der Waals surface area contributed by atoms with Crippen LogP contribution in [0.3, 0.4) is 0 Å². The topological polar surface area (TPSA) is 73.1 Å². The van der Waals surface area contributed by atoms with Crippen molar-refractivity contribution in [2.45, 2.75) is 0 Å². The quantitative estimate of drug-likeness (QED) is 0.819. The number of hydrogen-bond donors (Lipinski definition) is 2. The maximum atomic E-state index is 5.70. The van der Waals surface area contributed by atoms with E-state index in [0.717, 1.165) is 11.4 Å². The van der Waals surface area contributed by atoms with Crippen molar-refractivity contribution in [3.63, 3.8) is 0 Å². The third-order valence-corrected chi connectivity index (χ3v) is 2.25. The fourth-order valence-electron chi connectivity index (χ4n) is 1.32. The molecule has 0 radical (unpaired) electrons. The molecule has 0 aliphatic carbocycles. The Morgan fingerprint density at radius 2 is 1.94 bits per heavy atom. The third-order valence-electron chi connectivity index (χ3n) is 2.08. The molecule has 1 aromatic heterocycles. The van der Waals surface area contributed by atoms with E-state index >= 15 is 0 Å². The summed E-state index contributed by atoms with van der Waals surface area (Å²) in [5, 5.41) is 3.18. The summed E-state index contributed by atoms with van der Waals surface area (Å²) >= 11 is 5.70. The van der Waals surface area contributed by atoms with Crippen molar-refractivity contribution >= 4 is 28.9 Å². The van der Waals surface area contributed by atoms with Crippen LogP contribution in [0.2, 0.25) is 5.28 Å². The Kier molecular flexibility index (Phi) is 3.30. The molecule has 0 fully saturated rings. The number of halogens is 1. The number of benzene rings is 1. The predicted octanol–water partition coefficient (Wildman–Crippen LogP) is 2.46. The Bertz CT molecular complexity index is 495. The van der Waals surface area contributed by atoms with Gasteiger partial charge in [0.1, 0.15) is 17.4 Å². The van der Waals surface area contributed by atoms with Gasteiger partial charge in [-0.25, -0.2) is 9.97 Å². The zero-order valence-corrected chi connectivity index (χ0v) is 9.90. The monoisotopic (exact) mass is 250 g/mol. The van der Waals surface area contributed by atoms with Crippen LogP contribution in [-0.4, -0.2) is 17.1 Å². The summed E-state index contributed by atoms with van der Waals surface area (Å²) in [7, 11) is 1.62. The summed E-state index contributed by atoms with van der Waals surface area (Å²) in [5.74, 6) is 1.66. The molecule has 2 rings (SSSR count). The highest BCUT2D eigenvalue weighted by Gasteiger charge is 2.01. The van der Waals surface area contributed by atoms with E-state index in [1.54, 1.807) is 13.2 Å². The molecular formula is C11H11ClN4O. The molecule has 3 N–H and O–H groups in total. The van der Waals surface area contributed by atoms with Crippen LogP contribution in [0.25, 0.3) is 0 Å². The Hall–Kier alpha value is -2.01. The number of rotatable bonds is 3. The normalized spacial score (nSPS) is 10.0. The number of aromatic nitrogens is 2. The minimum atomic E-state index is 0.112. The minimum Gasteiger partial charge on any atom is -0.497 e. The number of anilines is 3. The number of nitrogens with zero attached hydrogens (tertiary/aromatic N) is 2. The lowest BCUT2D eigenvalue weighted by molar-refractivity contribution is 0.415. The predicted molar refractivity (Wildman–Crippen MR) is 67.7 cm³/mol. The molecule has 88 valence electrons. The highest BCUT2D eigenvalue weighted by atomic mass is 35.5. The molecule has 5 nitrogen and oxygen atoms in total. The second kappa shape index (κ2) is 4.88. The van der Waals surface area contributed by atoms with E-state index in [1.165, 1.54) is 0 Å². The van der Waals surface area contributed by atoms with Gasteiger partial charge in [0.15, 0.2) is 0 Å². The van der Waals surface area contributed by atoms with Crippen molar-refractivity contribution in [1.29, 1.82) is 0 Å². The van der Waals surface area contributed by atoms with E-state index in [1.807, 2.05) is 24.3 Å². The highest BCUT2D eigenvalue weighted by Crippen LogP contribution is 2.20. The van der Waals surface area contributed by atoms with Gasteiger partial charge in [-0.05, 0) is 35.9 Å². The minimum absolute atomic E-state index is 0.112. The Morgan fingerprint density at radius 1 is 1.24 bits per heavy atom. The van der Waals surface area contributed by atoms with Crippen molar-refractivity contribution in [2.75, 3.05) is 18.2 Å². The molecule has 0 amide bonds. The molecule has 17 heavy (non-hydrogen) atoms. The fourth-order valence-corrected chi connectivity index (χ4v) is 1.51. The second-order valence-electron chi connectivity index (χ2n) is 3.30. The lowest BCUT2D eigenvalue weighted by Crippen LogP contribution is -1.98. The average Bonchev–Trinajstić information content (AvgIpc) is 2.28. The third kappa shape index (κ3) is 2.98. The summed E-state index contributed by atoms with van der Waals surface area (Å²) in [5.41, 5.74) is 6.42. The first kappa shape index (κ1) is 11.5. The van der Waals surface area contributed by atoms with Crippen LogP contribution in [0.5, 0.6) is 5.75 Å². The maximum absolute atomic E-state index is 5.70. The van der Waals surface area contributed by atoms with Gasteiger partial charge in [0.2, 0.25) is 5.28 Å². The van der Waals surface area contributed by atoms with E-state index in [-0.39, 0.29) is 5.28 Å². The molecule has 0 aliphatic heterocycles. The Balaban J connectivity index is 2.19. The number of hydrogen-bond acceptors (Lipinski definition) is 5. The van der Waals surface area contributed by atoms with Gasteiger partial charge in [-0.2, -0.15) is 0 Å². The second-order valence-corrected chi connectivity index (χ2v) is 3.64. The molecule has 0 saturated carbocycles. The number of ether oxygens (including phenoxy) is 1. The van der Waals surface area contributed by atoms with Crippen LogP contribution in [0.4, 0.5) is 17.3 Å². The van der Waals surface area contributed by atoms with E-state index in [4.69, 9.17) is 22.1 Å². The molecule has 0 atom stereocenters. The van der Waals surface area contributed by atoms with Gasteiger partial charge in [-0.1, -0.05) is 0 Å². The smallest absolute Gasteiger partial charge is 0.226 e. The highest BCUT2D eigenvalue weighted by molar-refractivity contribution is 6.28. The molecular weight excluding hydrogens is 240 g/mol.